The molecule has 3 heterocycles. The Morgan fingerprint density at radius 2 is 1.85 bits per heavy atom. The average Bonchev–Trinajstić information content (AvgIpc) is 3.34. The number of piperidine rings is 1. The first kappa shape index (κ1) is 23.6. The van der Waals surface area contributed by atoms with E-state index in [1.54, 1.807) is 41.4 Å². The largest absolute Gasteiger partial charge is 0.365 e. The van der Waals surface area contributed by atoms with Crippen LogP contribution in [0.5, 0.6) is 0 Å². The van der Waals surface area contributed by atoms with Gasteiger partial charge >= 0.3 is 0 Å². The van der Waals surface area contributed by atoms with Crippen molar-refractivity contribution in [2.45, 2.75) is 37.3 Å². The highest BCUT2D eigenvalue weighted by Crippen LogP contribution is 2.42. The molecule has 1 aliphatic heterocycles. The minimum Gasteiger partial charge on any atom is -0.365 e. The molecule has 0 spiro atoms. The van der Waals surface area contributed by atoms with Gasteiger partial charge in [0.05, 0.1) is 10.0 Å². The lowest BCUT2D eigenvalue weighted by atomic mass is 9.76. The molecule has 174 valence electrons. The van der Waals surface area contributed by atoms with Crippen LogP contribution >= 0.6 is 23.2 Å². The number of nitrogens with one attached hydrogen (secondary N) is 1. The standard InChI is InChI=1S/C24H22Cl2F3N3O/c25-18-7-6-15(13-19(18)26)23(33)32-11-8-24(29,9-12-32)17(20-5-2-10-30-20)14-16-3-1-4-21(31-16)22(27)28/h1-7,10,13,17,22,30H,8-9,11-12,14H2. The quantitative estimate of drug-likeness (QED) is 0.417. The molecular formula is C24H22Cl2F3N3O. The summed E-state index contributed by atoms with van der Waals surface area (Å²) < 4.78 is 42.5. The molecule has 4 nitrogen and oxygen atoms in total. The van der Waals surface area contributed by atoms with E-state index < -0.39 is 18.0 Å². The van der Waals surface area contributed by atoms with Crippen molar-refractivity contribution in [2.75, 3.05) is 13.1 Å². The van der Waals surface area contributed by atoms with E-state index >= 15 is 4.39 Å². The highest BCUT2D eigenvalue weighted by Gasteiger charge is 2.44. The van der Waals surface area contributed by atoms with Crippen molar-refractivity contribution >= 4 is 29.1 Å². The molecule has 1 aromatic carbocycles. The summed E-state index contributed by atoms with van der Waals surface area (Å²) in [4.78, 5) is 21.6. The van der Waals surface area contributed by atoms with E-state index in [1.165, 1.54) is 18.2 Å². The predicted molar refractivity (Wildman–Crippen MR) is 122 cm³/mol. The van der Waals surface area contributed by atoms with Crippen LogP contribution in [0.2, 0.25) is 10.0 Å². The van der Waals surface area contributed by atoms with Crippen LogP contribution in [0.25, 0.3) is 0 Å². The third-order valence-corrected chi connectivity index (χ3v) is 6.87. The molecule has 0 radical (unpaired) electrons. The Morgan fingerprint density at radius 3 is 2.48 bits per heavy atom. The highest BCUT2D eigenvalue weighted by atomic mass is 35.5. The number of pyridine rings is 1. The van der Waals surface area contributed by atoms with Gasteiger partial charge in [0.1, 0.15) is 11.4 Å². The number of alkyl halides is 3. The van der Waals surface area contributed by atoms with Crippen LogP contribution in [-0.4, -0.2) is 39.5 Å². The summed E-state index contributed by atoms with van der Waals surface area (Å²) >= 11 is 12.0. The van der Waals surface area contributed by atoms with Crippen LogP contribution in [0, 0.1) is 0 Å². The first-order valence-corrected chi connectivity index (χ1v) is 11.3. The number of hydrogen-bond acceptors (Lipinski definition) is 2. The summed E-state index contributed by atoms with van der Waals surface area (Å²) in [6.45, 7) is 0.439. The van der Waals surface area contributed by atoms with Crippen molar-refractivity contribution in [3.05, 3.63) is 87.4 Å². The molecule has 1 saturated heterocycles. The Balaban J connectivity index is 1.52. The number of amides is 1. The molecule has 1 atom stereocenters. The molecule has 1 N–H and O–H groups in total. The summed E-state index contributed by atoms with van der Waals surface area (Å²) in [6, 6.07) is 12.6. The zero-order valence-corrected chi connectivity index (χ0v) is 19.1. The molecule has 1 aliphatic rings. The van der Waals surface area contributed by atoms with Crippen molar-refractivity contribution < 1.29 is 18.0 Å². The smallest absolute Gasteiger partial charge is 0.280 e. The summed E-state index contributed by atoms with van der Waals surface area (Å²) in [5.74, 6) is -0.853. The van der Waals surface area contributed by atoms with Gasteiger partial charge in [-0.05, 0) is 55.3 Å². The van der Waals surface area contributed by atoms with Crippen LogP contribution < -0.4 is 0 Å². The second-order valence-electron chi connectivity index (χ2n) is 8.19. The van der Waals surface area contributed by atoms with E-state index in [0.717, 1.165) is 0 Å². The number of carbonyl (C=O) groups is 1. The van der Waals surface area contributed by atoms with Gasteiger partial charge in [0.15, 0.2) is 0 Å². The molecule has 33 heavy (non-hydrogen) atoms. The Morgan fingerprint density at radius 1 is 1.09 bits per heavy atom. The average molecular weight is 496 g/mol. The normalized spacial score (nSPS) is 16.7. The number of aromatic nitrogens is 2. The maximum Gasteiger partial charge on any atom is 0.280 e. The number of carbonyl (C=O) groups excluding carboxylic acids is 1. The first-order valence-electron chi connectivity index (χ1n) is 10.6. The highest BCUT2D eigenvalue weighted by molar-refractivity contribution is 6.42. The van der Waals surface area contributed by atoms with E-state index in [2.05, 4.69) is 9.97 Å². The minimum atomic E-state index is -2.69. The summed E-state index contributed by atoms with van der Waals surface area (Å²) in [5, 5.41) is 0.637. The Kier molecular flexibility index (Phi) is 7.00. The Hall–Kier alpha value is -2.51. The van der Waals surface area contributed by atoms with Crippen LogP contribution in [0.1, 0.15) is 52.6 Å². The SMILES string of the molecule is O=C(c1ccc(Cl)c(Cl)c1)N1CCC(F)(C(Cc2cccc(C(F)F)n2)c2ccc[nH]2)CC1. The number of H-pyrrole nitrogens is 1. The molecular weight excluding hydrogens is 474 g/mol. The van der Waals surface area contributed by atoms with E-state index in [4.69, 9.17) is 23.2 Å². The fourth-order valence-corrected chi connectivity index (χ4v) is 4.61. The lowest BCUT2D eigenvalue weighted by Gasteiger charge is -2.41. The number of rotatable bonds is 6. The first-order chi connectivity index (χ1) is 15.8. The molecule has 1 amide bonds. The number of likely N-dealkylation sites (tertiary alicyclic amines) is 1. The van der Waals surface area contributed by atoms with Gasteiger partial charge in [-0.25, -0.2) is 13.2 Å². The molecule has 0 saturated carbocycles. The van der Waals surface area contributed by atoms with Crippen molar-refractivity contribution in [3.63, 3.8) is 0 Å². The molecule has 4 rings (SSSR count). The monoisotopic (exact) mass is 495 g/mol. The topological polar surface area (TPSA) is 49.0 Å². The van der Waals surface area contributed by atoms with Gasteiger partial charge in [-0.2, -0.15) is 0 Å². The molecule has 0 bridgehead atoms. The molecule has 2 aromatic heterocycles. The minimum absolute atomic E-state index is 0.109. The van der Waals surface area contributed by atoms with E-state index in [9.17, 15) is 13.6 Å². The molecule has 3 aromatic rings. The van der Waals surface area contributed by atoms with Gasteiger partial charge < -0.3 is 9.88 Å². The summed E-state index contributed by atoms with van der Waals surface area (Å²) in [6.07, 6.45) is -0.601. The fourth-order valence-electron chi connectivity index (χ4n) is 4.32. The number of aromatic amines is 1. The molecule has 9 heteroatoms. The van der Waals surface area contributed by atoms with Gasteiger partial charge in [0.2, 0.25) is 0 Å². The number of nitrogens with zero attached hydrogens (tertiary/aromatic N) is 2. The molecule has 1 unspecified atom stereocenters. The zero-order chi connectivity index (χ0) is 23.6. The summed E-state index contributed by atoms with van der Waals surface area (Å²) in [5.41, 5.74) is -0.496. The lowest BCUT2D eigenvalue weighted by molar-refractivity contribution is 0.0284. The van der Waals surface area contributed by atoms with Gasteiger partial charge in [0.25, 0.3) is 12.3 Å². The molecule has 0 aliphatic carbocycles. The summed E-state index contributed by atoms with van der Waals surface area (Å²) in [7, 11) is 0. The van der Waals surface area contributed by atoms with Crippen molar-refractivity contribution in [1.29, 1.82) is 0 Å². The number of hydrogen-bond donors (Lipinski definition) is 1. The fraction of sp³-hybridized carbons (Fsp3) is 0.333. The van der Waals surface area contributed by atoms with E-state index in [1.807, 2.05) is 0 Å². The van der Waals surface area contributed by atoms with E-state index in [-0.39, 0.29) is 49.0 Å². The number of benzene rings is 1. The maximum absolute atomic E-state index is 16.3. The van der Waals surface area contributed by atoms with Gasteiger partial charge in [0, 0.05) is 48.6 Å². The second-order valence-corrected chi connectivity index (χ2v) is 9.01. The van der Waals surface area contributed by atoms with Gasteiger partial charge in [-0.15, -0.1) is 0 Å². The molecule has 1 fully saturated rings. The van der Waals surface area contributed by atoms with Crippen molar-refractivity contribution in [3.8, 4) is 0 Å². The van der Waals surface area contributed by atoms with Crippen LogP contribution in [0.4, 0.5) is 13.2 Å². The van der Waals surface area contributed by atoms with Crippen LogP contribution in [-0.2, 0) is 6.42 Å². The van der Waals surface area contributed by atoms with Crippen molar-refractivity contribution in [2.24, 2.45) is 0 Å². The predicted octanol–water partition coefficient (Wildman–Crippen LogP) is 6.62. The van der Waals surface area contributed by atoms with Crippen LogP contribution in [0.3, 0.4) is 0 Å². The van der Waals surface area contributed by atoms with Gasteiger partial charge in [-0.3, -0.25) is 9.78 Å². The van der Waals surface area contributed by atoms with Crippen molar-refractivity contribution in [1.82, 2.24) is 14.9 Å². The van der Waals surface area contributed by atoms with E-state index in [0.29, 0.717) is 22.0 Å². The third-order valence-electron chi connectivity index (χ3n) is 6.14. The maximum atomic E-state index is 16.3. The van der Waals surface area contributed by atoms with Crippen LogP contribution in [0.15, 0.2) is 54.7 Å². The zero-order valence-electron chi connectivity index (χ0n) is 17.6. The third kappa shape index (κ3) is 5.20. The Labute approximate surface area is 199 Å². The Bertz CT molecular complexity index is 1120. The second kappa shape index (κ2) is 9.77. The lowest BCUT2D eigenvalue weighted by Crippen LogP contribution is -2.47. The number of halogens is 5. The van der Waals surface area contributed by atoms with Gasteiger partial charge in [-0.1, -0.05) is 29.3 Å².